The molecule has 0 bridgehead atoms. The van der Waals surface area contributed by atoms with Crippen LogP contribution in [0.4, 0.5) is 0 Å². The highest BCUT2D eigenvalue weighted by atomic mass is 16.5. The van der Waals surface area contributed by atoms with E-state index in [2.05, 4.69) is 5.32 Å². The van der Waals surface area contributed by atoms with Crippen LogP contribution in [0.5, 0.6) is 5.75 Å². The summed E-state index contributed by atoms with van der Waals surface area (Å²) >= 11 is 0. The van der Waals surface area contributed by atoms with E-state index in [0.29, 0.717) is 25.1 Å². The SMILES string of the molecule is COCC(N)CCNC(=O)c1ccc(O)cc1C. The smallest absolute Gasteiger partial charge is 0.251 e. The summed E-state index contributed by atoms with van der Waals surface area (Å²) in [4.78, 5) is 11.9. The number of nitrogens with two attached hydrogens (primary N) is 1. The molecule has 0 radical (unpaired) electrons. The van der Waals surface area contributed by atoms with Crippen molar-refractivity contribution in [3.05, 3.63) is 29.3 Å². The second-order valence-corrected chi connectivity index (χ2v) is 4.26. The normalized spacial score (nSPS) is 12.2. The number of phenols is 1. The number of ether oxygens (including phenoxy) is 1. The first-order chi connectivity index (χ1) is 8.54. The average molecular weight is 252 g/mol. The van der Waals surface area contributed by atoms with Crippen LogP contribution in [0.2, 0.25) is 0 Å². The lowest BCUT2D eigenvalue weighted by Crippen LogP contribution is -2.33. The predicted octanol–water partition coefficient (Wildman–Crippen LogP) is 0.794. The Labute approximate surface area is 107 Å². The van der Waals surface area contributed by atoms with Crippen molar-refractivity contribution in [1.29, 1.82) is 0 Å². The van der Waals surface area contributed by atoms with Crippen molar-refractivity contribution >= 4 is 5.91 Å². The van der Waals surface area contributed by atoms with Crippen molar-refractivity contribution in [2.24, 2.45) is 5.73 Å². The topological polar surface area (TPSA) is 84.6 Å². The van der Waals surface area contributed by atoms with Crippen LogP contribution in [0, 0.1) is 6.92 Å². The maximum Gasteiger partial charge on any atom is 0.251 e. The summed E-state index contributed by atoms with van der Waals surface area (Å²) in [5, 5.41) is 12.1. The third kappa shape index (κ3) is 4.35. The van der Waals surface area contributed by atoms with E-state index in [9.17, 15) is 9.90 Å². The zero-order valence-corrected chi connectivity index (χ0v) is 10.8. The van der Waals surface area contributed by atoms with Crippen molar-refractivity contribution in [1.82, 2.24) is 5.32 Å². The standard InChI is InChI=1S/C13H20N2O3/c1-9-7-11(16)3-4-12(9)13(17)15-6-5-10(14)8-18-2/h3-4,7,10,16H,5-6,8,14H2,1-2H3,(H,15,17). The number of rotatable bonds is 6. The molecule has 0 heterocycles. The fourth-order valence-electron chi connectivity index (χ4n) is 1.67. The number of hydrogen-bond acceptors (Lipinski definition) is 4. The number of methoxy groups -OCH3 is 1. The molecule has 100 valence electrons. The van der Waals surface area contributed by atoms with E-state index >= 15 is 0 Å². The van der Waals surface area contributed by atoms with Crippen LogP contribution in [0.25, 0.3) is 0 Å². The van der Waals surface area contributed by atoms with E-state index in [-0.39, 0.29) is 17.7 Å². The van der Waals surface area contributed by atoms with E-state index in [4.69, 9.17) is 10.5 Å². The van der Waals surface area contributed by atoms with Crippen molar-refractivity contribution in [2.75, 3.05) is 20.3 Å². The number of nitrogens with one attached hydrogen (secondary N) is 1. The molecular formula is C13H20N2O3. The van der Waals surface area contributed by atoms with Gasteiger partial charge in [-0.1, -0.05) is 0 Å². The Morgan fingerprint density at radius 1 is 1.56 bits per heavy atom. The molecule has 0 saturated carbocycles. The van der Waals surface area contributed by atoms with Crippen LogP contribution in [-0.2, 0) is 4.74 Å². The van der Waals surface area contributed by atoms with Crippen molar-refractivity contribution < 1.29 is 14.6 Å². The van der Waals surface area contributed by atoms with Crippen LogP contribution in [-0.4, -0.2) is 37.3 Å². The van der Waals surface area contributed by atoms with Gasteiger partial charge in [-0.3, -0.25) is 4.79 Å². The Morgan fingerprint density at radius 3 is 2.89 bits per heavy atom. The lowest BCUT2D eigenvalue weighted by molar-refractivity contribution is 0.0949. The van der Waals surface area contributed by atoms with Crippen LogP contribution in [0.1, 0.15) is 22.3 Å². The van der Waals surface area contributed by atoms with Gasteiger partial charge in [-0.05, 0) is 37.1 Å². The highest BCUT2D eigenvalue weighted by Gasteiger charge is 2.09. The Morgan fingerprint density at radius 2 is 2.28 bits per heavy atom. The lowest BCUT2D eigenvalue weighted by atomic mass is 10.1. The second kappa shape index (κ2) is 6.98. The molecule has 0 spiro atoms. The molecule has 0 fully saturated rings. The van der Waals surface area contributed by atoms with E-state index in [1.54, 1.807) is 26.2 Å². The summed E-state index contributed by atoms with van der Waals surface area (Å²) in [6, 6.07) is 4.59. The second-order valence-electron chi connectivity index (χ2n) is 4.26. The largest absolute Gasteiger partial charge is 0.508 e. The number of aromatic hydroxyl groups is 1. The zero-order chi connectivity index (χ0) is 13.5. The molecule has 0 aliphatic rings. The molecule has 18 heavy (non-hydrogen) atoms. The number of amides is 1. The highest BCUT2D eigenvalue weighted by Crippen LogP contribution is 2.15. The lowest BCUT2D eigenvalue weighted by Gasteiger charge is -2.11. The van der Waals surface area contributed by atoms with E-state index in [1.165, 1.54) is 6.07 Å². The number of carbonyl (C=O) groups excluding carboxylic acids is 1. The molecular weight excluding hydrogens is 232 g/mol. The third-order valence-electron chi connectivity index (χ3n) is 2.64. The summed E-state index contributed by atoms with van der Waals surface area (Å²) in [5.74, 6) is 0.00304. The van der Waals surface area contributed by atoms with Gasteiger partial charge in [-0.2, -0.15) is 0 Å². The Balaban J connectivity index is 2.45. The zero-order valence-electron chi connectivity index (χ0n) is 10.8. The quantitative estimate of drug-likeness (QED) is 0.699. The molecule has 1 rings (SSSR count). The molecule has 0 saturated heterocycles. The Bertz CT molecular complexity index is 407. The van der Waals surface area contributed by atoms with Gasteiger partial charge in [0.25, 0.3) is 5.91 Å². The van der Waals surface area contributed by atoms with Crippen molar-refractivity contribution in [2.45, 2.75) is 19.4 Å². The molecule has 4 N–H and O–H groups in total. The molecule has 0 aliphatic carbocycles. The van der Waals surface area contributed by atoms with Crippen LogP contribution in [0.15, 0.2) is 18.2 Å². The van der Waals surface area contributed by atoms with Gasteiger partial charge < -0.3 is 20.9 Å². The van der Waals surface area contributed by atoms with Gasteiger partial charge in [0, 0.05) is 25.3 Å². The molecule has 5 nitrogen and oxygen atoms in total. The molecule has 1 aromatic rings. The summed E-state index contributed by atoms with van der Waals surface area (Å²) in [5.41, 5.74) is 7.06. The predicted molar refractivity (Wildman–Crippen MR) is 69.6 cm³/mol. The first-order valence-electron chi connectivity index (χ1n) is 5.87. The fourth-order valence-corrected chi connectivity index (χ4v) is 1.67. The van der Waals surface area contributed by atoms with Crippen LogP contribution in [0.3, 0.4) is 0 Å². The van der Waals surface area contributed by atoms with Crippen molar-refractivity contribution in [3.63, 3.8) is 0 Å². The molecule has 1 amide bonds. The van der Waals surface area contributed by atoms with Gasteiger partial charge in [0.05, 0.1) is 6.61 Å². The minimum Gasteiger partial charge on any atom is -0.508 e. The van der Waals surface area contributed by atoms with E-state index in [0.717, 1.165) is 5.56 Å². The molecule has 0 aromatic heterocycles. The monoisotopic (exact) mass is 252 g/mol. The summed E-state index contributed by atoms with van der Waals surface area (Å²) in [7, 11) is 1.60. The Hall–Kier alpha value is -1.59. The van der Waals surface area contributed by atoms with E-state index < -0.39 is 0 Å². The first-order valence-corrected chi connectivity index (χ1v) is 5.87. The number of phenolic OH excluding ortho intramolecular Hbond substituents is 1. The summed E-state index contributed by atoms with van der Waals surface area (Å²) in [6.07, 6.45) is 0.663. The minimum atomic E-state index is -0.155. The number of carbonyl (C=O) groups is 1. The number of hydrogen-bond donors (Lipinski definition) is 3. The van der Waals surface area contributed by atoms with Gasteiger partial charge in [-0.15, -0.1) is 0 Å². The summed E-state index contributed by atoms with van der Waals surface area (Å²) < 4.78 is 4.91. The Kier molecular flexibility index (Phi) is 5.61. The first kappa shape index (κ1) is 14.5. The van der Waals surface area contributed by atoms with Crippen molar-refractivity contribution in [3.8, 4) is 5.75 Å². The van der Waals surface area contributed by atoms with E-state index in [1.807, 2.05) is 0 Å². The molecule has 0 aliphatic heterocycles. The minimum absolute atomic E-state index is 0.0729. The molecule has 1 unspecified atom stereocenters. The maximum absolute atomic E-state index is 11.9. The number of aryl methyl sites for hydroxylation is 1. The van der Waals surface area contributed by atoms with Gasteiger partial charge >= 0.3 is 0 Å². The average Bonchev–Trinajstić information content (AvgIpc) is 2.29. The molecule has 5 heteroatoms. The van der Waals surface area contributed by atoms with Crippen LogP contribution >= 0.6 is 0 Å². The van der Waals surface area contributed by atoms with Gasteiger partial charge in [0.1, 0.15) is 5.75 Å². The molecule has 1 atom stereocenters. The maximum atomic E-state index is 11.9. The van der Waals surface area contributed by atoms with Gasteiger partial charge in [0.2, 0.25) is 0 Å². The fraction of sp³-hybridized carbons (Fsp3) is 0.462. The highest BCUT2D eigenvalue weighted by molar-refractivity contribution is 5.95. The van der Waals surface area contributed by atoms with Crippen LogP contribution < -0.4 is 11.1 Å². The summed E-state index contributed by atoms with van der Waals surface area (Å²) in [6.45, 7) is 2.77. The molecule has 1 aromatic carbocycles. The third-order valence-corrected chi connectivity index (χ3v) is 2.64. The number of benzene rings is 1. The van der Waals surface area contributed by atoms with Gasteiger partial charge in [0.15, 0.2) is 0 Å². The van der Waals surface area contributed by atoms with Gasteiger partial charge in [-0.25, -0.2) is 0 Å².